The Hall–Kier alpha value is -3.65. The zero-order valence-electron chi connectivity index (χ0n) is 18.2. The van der Waals surface area contributed by atoms with Gasteiger partial charge in [0.05, 0.1) is 23.3 Å². The number of methoxy groups -OCH3 is 1. The third-order valence-corrected chi connectivity index (χ3v) is 7.44. The number of esters is 1. The summed E-state index contributed by atoms with van der Waals surface area (Å²) in [5.41, 5.74) is 2.03. The molecular weight excluding hydrogens is 442 g/mol. The summed E-state index contributed by atoms with van der Waals surface area (Å²) < 4.78 is 38.4. The average molecular weight is 466 g/mol. The number of para-hydroxylation sites is 1. The number of carbonyl (C=O) groups is 2. The molecule has 1 aliphatic heterocycles. The van der Waals surface area contributed by atoms with E-state index >= 15 is 0 Å². The minimum Gasteiger partial charge on any atom is -0.497 e. The number of Topliss-reactive ketones (excluding diaryl/α,β-unsaturated/α-hetero) is 1. The molecule has 0 aliphatic carbocycles. The van der Waals surface area contributed by atoms with Crippen LogP contribution in [-0.2, 0) is 21.2 Å². The van der Waals surface area contributed by atoms with E-state index in [1.165, 1.54) is 35.7 Å². The first kappa shape index (κ1) is 22.5. The van der Waals surface area contributed by atoms with Crippen molar-refractivity contribution < 1.29 is 27.5 Å². The van der Waals surface area contributed by atoms with Gasteiger partial charge < -0.3 is 9.47 Å². The van der Waals surface area contributed by atoms with Gasteiger partial charge in [0.25, 0.3) is 10.0 Å². The van der Waals surface area contributed by atoms with E-state index in [1.54, 1.807) is 36.4 Å². The molecule has 0 radical (unpaired) electrons. The van der Waals surface area contributed by atoms with Gasteiger partial charge in [-0.25, -0.2) is 13.2 Å². The molecule has 1 atom stereocenters. The van der Waals surface area contributed by atoms with E-state index < -0.39 is 22.6 Å². The van der Waals surface area contributed by atoms with Crippen molar-refractivity contribution in [1.29, 1.82) is 0 Å². The summed E-state index contributed by atoms with van der Waals surface area (Å²) in [7, 11) is -2.37. The Morgan fingerprint density at radius 3 is 2.42 bits per heavy atom. The monoisotopic (exact) mass is 465 g/mol. The largest absolute Gasteiger partial charge is 0.497 e. The molecule has 7 nitrogen and oxygen atoms in total. The van der Waals surface area contributed by atoms with E-state index in [4.69, 9.17) is 9.47 Å². The molecule has 33 heavy (non-hydrogen) atoms. The molecule has 170 valence electrons. The van der Waals surface area contributed by atoms with Gasteiger partial charge in [-0.3, -0.25) is 9.10 Å². The second-order valence-electron chi connectivity index (χ2n) is 7.74. The van der Waals surface area contributed by atoms with Gasteiger partial charge in [-0.1, -0.05) is 24.3 Å². The lowest BCUT2D eigenvalue weighted by Crippen LogP contribution is -2.35. The first-order chi connectivity index (χ1) is 15.8. The summed E-state index contributed by atoms with van der Waals surface area (Å²) >= 11 is 0. The van der Waals surface area contributed by atoms with Crippen molar-refractivity contribution in [3.05, 3.63) is 89.5 Å². The van der Waals surface area contributed by atoms with Crippen LogP contribution in [0.1, 0.15) is 33.2 Å². The van der Waals surface area contributed by atoms with E-state index in [-0.39, 0.29) is 22.3 Å². The molecule has 0 amide bonds. The lowest BCUT2D eigenvalue weighted by Gasteiger charge is -2.24. The molecule has 0 saturated heterocycles. The molecule has 0 bridgehead atoms. The highest BCUT2D eigenvalue weighted by Crippen LogP contribution is 2.36. The minimum atomic E-state index is -3.89. The zero-order chi connectivity index (χ0) is 23.6. The topological polar surface area (TPSA) is 90.0 Å². The van der Waals surface area contributed by atoms with Crippen LogP contribution in [0.5, 0.6) is 5.75 Å². The van der Waals surface area contributed by atoms with Crippen molar-refractivity contribution in [3.63, 3.8) is 0 Å². The summed E-state index contributed by atoms with van der Waals surface area (Å²) in [6.07, 6.45) is 0.616. The minimum absolute atomic E-state index is 0.0121. The van der Waals surface area contributed by atoms with Gasteiger partial charge in [-0.15, -0.1) is 0 Å². The Labute approximate surface area is 192 Å². The van der Waals surface area contributed by atoms with Crippen molar-refractivity contribution in [2.75, 3.05) is 18.0 Å². The highest BCUT2D eigenvalue weighted by Gasteiger charge is 2.36. The summed E-state index contributed by atoms with van der Waals surface area (Å²) in [5, 5.41) is 0. The summed E-state index contributed by atoms with van der Waals surface area (Å²) in [6.45, 7) is 1.39. The van der Waals surface area contributed by atoms with Gasteiger partial charge in [0.2, 0.25) is 0 Å². The molecule has 1 heterocycles. The number of rotatable bonds is 7. The lowest BCUT2D eigenvalue weighted by atomic mass is 10.1. The maximum Gasteiger partial charge on any atom is 0.338 e. The number of fused-ring (bicyclic) bond motifs is 1. The van der Waals surface area contributed by atoms with Gasteiger partial charge in [0.1, 0.15) is 5.75 Å². The first-order valence-corrected chi connectivity index (χ1v) is 11.8. The van der Waals surface area contributed by atoms with Crippen LogP contribution in [0.4, 0.5) is 5.69 Å². The van der Waals surface area contributed by atoms with E-state index in [0.717, 1.165) is 5.56 Å². The molecule has 8 heteroatoms. The zero-order valence-corrected chi connectivity index (χ0v) is 19.0. The van der Waals surface area contributed by atoms with Crippen LogP contribution < -0.4 is 9.04 Å². The third kappa shape index (κ3) is 4.47. The smallest absolute Gasteiger partial charge is 0.338 e. The molecule has 0 unspecified atom stereocenters. The molecule has 0 saturated carbocycles. The van der Waals surface area contributed by atoms with Crippen molar-refractivity contribution in [3.8, 4) is 5.75 Å². The Bertz CT molecular complexity index is 1300. The molecule has 0 aromatic heterocycles. The van der Waals surface area contributed by atoms with E-state index in [9.17, 15) is 18.0 Å². The van der Waals surface area contributed by atoms with Gasteiger partial charge in [-0.05, 0) is 67.4 Å². The fourth-order valence-corrected chi connectivity index (χ4v) is 5.61. The van der Waals surface area contributed by atoms with Crippen molar-refractivity contribution in [2.45, 2.75) is 24.3 Å². The number of sulfonamides is 1. The fourth-order valence-electron chi connectivity index (χ4n) is 3.88. The summed E-state index contributed by atoms with van der Waals surface area (Å²) in [4.78, 5) is 24.8. The highest BCUT2D eigenvalue weighted by atomic mass is 32.2. The van der Waals surface area contributed by atoms with Crippen LogP contribution in [0.25, 0.3) is 0 Å². The summed E-state index contributed by atoms with van der Waals surface area (Å²) in [6, 6.07) is 19.2. The number of hydrogen-bond acceptors (Lipinski definition) is 6. The van der Waals surface area contributed by atoms with Crippen LogP contribution in [-0.4, -0.2) is 39.9 Å². The Balaban J connectivity index is 1.50. The van der Waals surface area contributed by atoms with Crippen LogP contribution in [0, 0.1) is 0 Å². The van der Waals surface area contributed by atoms with E-state index in [1.807, 2.05) is 19.1 Å². The lowest BCUT2D eigenvalue weighted by molar-refractivity contribution is 0.0474. The first-order valence-electron chi connectivity index (χ1n) is 10.4. The van der Waals surface area contributed by atoms with Crippen molar-refractivity contribution >= 4 is 27.5 Å². The van der Waals surface area contributed by atoms with Crippen molar-refractivity contribution in [2.24, 2.45) is 0 Å². The van der Waals surface area contributed by atoms with E-state index in [2.05, 4.69) is 0 Å². The maximum absolute atomic E-state index is 13.4. The van der Waals surface area contributed by atoms with Crippen LogP contribution in [0.2, 0.25) is 0 Å². The maximum atomic E-state index is 13.4. The fraction of sp³-hybridized carbons (Fsp3) is 0.200. The van der Waals surface area contributed by atoms with Gasteiger partial charge in [-0.2, -0.15) is 0 Å². The number of hydrogen-bond donors (Lipinski definition) is 0. The number of ether oxygens (including phenoxy) is 2. The molecule has 4 rings (SSSR count). The van der Waals surface area contributed by atoms with Crippen LogP contribution in [0.3, 0.4) is 0 Å². The van der Waals surface area contributed by atoms with Crippen LogP contribution in [0.15, 0.2) is 77.7 Å². The average Bonchev–Trinajstić information content (AvgIpc) is 3.18. The highest BCUT2D eigenvalue weighted by molar-refractivity contribution is 7.92. The second kappa shape index (κ2) is 9.07. The number of ketones is 1. The SMILES string of the molecule is COc1ccc(C(=O)COC(=O)c2cccc(S(=O)(=O)N3c4ccccc4C[C@@H]3C)c2)cc1. The van der Waals surface area contributed by atoms with Gasteiger partial charge in [0.15, 0.2) is 12.4 Å². The Morgan fingerprint density at radius 1 is 0.970 bits per heavy atom. The Morgan fingerprint density at radius 2 is 1.70 bits per heavy atom. The number of carbonyl (C=O) groups excluding carboxylic acids is 2. The number of nitrogens with zero attached hydrogens (tertiary/aromatic N) is 1. The molecule has 0 spiro atoms. The quantitative estimate of drug-likeness (QED) is 0.389. The number of anilines is 1. The number of benzene rings is 3. The molecule has 0 N–H and O–H groups in total. The Kier molecular flexibility index (Phi) is 6.20. The predicted octanol–water partition coefficient (Wildman–Crippen LogP) is 3.87. The standard InChI is InChI=1S/C25H23NO6S/c1-17-14-19-6-3-4-9-23(19)26(17)33(29,30)22-8-5-7-20(15-22)25(28)32-16-24(27)18-10-12-21(31-2)13-11-18/h3-13,15,17H,14,16H2,1-2H3/t17-/m0/s1. The predicted molar refractivity (Wildman–Crippen MR) is 123 cm³/mol. The third-order valence-electron chi connectivity index (χ3n) is 5.52. The van der Waals surface area contributed by atoms with Gasteiger partial charge in [0, 0.05) is 11.6 Å². The molecule has 3 aromatic carbocycles. The molecule has 1 aliphatic rings. The molecule has 3 aromatic rings. The van der Waals surface area contributed by atoms with Gasteiger partial charge >= 0.3 is 5.97 Å². The normalized spacial score (nSPS) is 15.1. The van der Waals surface area contributed by atoms with Crippen molar-refractivity contribution in [1.82, 2.24) is 0 Å². The molecule has 0 fully saturated rings. The summed E-state index contributed by atoms with van der Waals surface area (Å²) in [5.74, 6) is -0.544. The van der Waals surface area contributed by atoms with Crippen LogP contribution >= 0.6 is 0 Å². The molecular formula is C25H23NO6S. The van der Waals surface area contributed by atoms with E-state index in [0.29, 0.717) is 23.4 Å². The second-order valence-corrected chi connectivity index (χ2v) is 9.55.